The maximum atomic E-state index is 12.3. The minimum Gasteiger partial charge on any atom is -0.299 e. The lowest BCUT2D eigenvalue weighted by Crippen LogP contribution is -2.20. The number of nitrogens with one attached hydrogen (secondary N) is 1. The highest BCUT2D eigenvalue weighted by molar-refractivity contribution is 7.99. The van der Waals surface area contributed by atoms with E-state index < -0.39 is 0 Å². The van der Waals surface area contributed by atoms with Gasteiger partial charge in [-0.1, -0.05) is 66.9 Å². The van der Waals surface area contributed by atoms with Gasteiger partial charge in [-0.15, -0.1) is 10.2 Å². The number of carbonyl (C=O) groups is 1. The van der Waals surface area contributed by atoms with Crippen molar-refractivity contribution in [3.05, 3.63) is 59.9 Å². The minimum absolute atomic E-state index is 0.180. The fourth-order valence-corrected chi connectivity index (χ4v) is 4.53. The molecule has 3 aromatic rings. The van der Waals surface area contributed by atoms with Gasteiger partial charge in [0.15, 0.2) is 11.0 Å². The fourth-order valence-electron chi connectivity index (χ4n) is 3.74. The van der Waals surface area contributed by atoms with Crippen molar-refractivity contribution in [2.75, 3.05) is 5.75 Å². The van der Waals surface area contributed by atoms with Gasteiger partial charge in [0.2, 0.25) is 0 Å². The smallest absolute Gasteiger partial charge is 0.250 e. The van der Waals surface area contributed by atoms with Crippen LogP contribution in [-0.4, -0.2) is 37.6 Å². The molecule has 8 heteroatoms. The minimum atomic E-state index is -0.180. The number of hydrazone groups is 1. The third kappa shape index (κ3) is 5.58. The Bertz CT molecular complexity index is 1030. The van der Waals surface area contributed by atoms with Gasteiger partial charge < -0.3 is 0 Å². The molecular weight excluding hydrogens is 408 g/mol. The quantitative estimate of drug-likeness (QED) is 0.338. The Morgan fingerprint density at radius 3 is 2.74 bits per heavy atom. The molecule has 1 aliphatic rings. The van der Waals surface area contributed by atoms with Gasteiger partial charge in [0, 0.05) is 29.6 Å². The highest BCUT2D eigenvalue weighted by atomic mass is 32.2. The van der Waals surface area contributed by atoms with E-state index in [1.807, 2.05) is 12.1 Å². The number of nitrogens with zero attached hydrogens (tertiary/aromatic N) is 5. The van der Waals surface area contributed by atoms with Gasteiger partial charge >= 0.3 is 0 Å². The van der Waals surface area contributed by atoms with Gasteiger partial charge in [0.25, 0.3) is 5.91 Å². The van der Waals surface area contributed by atoms with E-state index in [1.54, 1.807) is 18.6 Å². The lowest BCUT2D eigenvalue weighted by atomic mass is 9.95. The van der Waals surface area contributed by atoms with Crippen LogP contribution in [0.25, 0.3) is 11.4 Å². The molecule has 1 aliphatic carbocycles. The van der Waals surface area contributed by atoms with Crippen molar-refractivity contribution in [1.82, 2.24) is 25.2 Å². The zero-order valence-corrected chi connectivity index (χ0v) is 18.4. The molecule has 1 saturated carbocycles. The second kappa shape index (κ2) is 10.3. The molecule has 1 N–H and O–H groups in total. The van der Waals surface area contributed by atoms with Crippen molar-refractivity contribution in [3.63, 3.8) is 0 Å². The SMILES string of the molecule is Cc1ccc(-c2nnc(SCC(=O)NN=Cc3cccnc3)n2C2CCCCC2)cc1. The molecule has 2 aromatic heterocycles. The summed E-state index contributed by atoms with van der Waals surface area (Å²) in [7, 11) is 0. The summed E-state index contributed by atoms with van der Waals surface area (Å²) in [5.41, 5.74) is 5.67. The number of amides is 1. The highest BCUT2D eigenvalue weighted by Crippen LogP contribution is 2.35. The first-order valence-corrected chi connectivity index (χ1v) is 11.6. The lowest BCUT2D eigenvalue weighted by Gasteiger charge is -2.25. The number of hydrogen-bond donors (Lipinski definition) is 1. The number of aromatic nitrogens is 4. The summed E-state index contributed by atoms with van der Waals surface area (Å²) in [5.74, 6) is 0.924. The first-order valence-electron chi connectivity index (χ1n) is 10.6. The molecule has 0 saturated heterocycles. The van der Waals surface area contributed by atoms with E-state index in [1.165, 1.54) is 36.6 Å². The van der Waals surface area contributed by atoms with Gasteiger partial charge in [0.05, 0.1) is 12.0 Å². The number of carbonyl (C=O) groups excluding carboxylic acids is 1. The van der Waals surface area contributed by atoms with Crippen LogP contribution in [0.1, 0.15) is 49.3 Å². The molecule has 4 rings (SSSR count). The van der Waals surface area contributed by atoms with E-state index in [4.69, 9.17) is 0 Å². The van der Waals surface area contributed by atoms with Crippen LogP contribution in [0.15, 0.2) is 59.0 Å². The van der Waals surface area contributed by atoms with Gasteiger partial charge in [-0.2, -0.15) is 5.10 Å². The van der Waals surface area contributed by atoms with Crippen molar-refractivity contribution in [3.8, 4) is 11.4 Å². The molecule has 0 unspecified atom stereocenters. The zero-order chi connectivity index (χ0) is 21.5. The average molecular weight is 435 g/mol. The zero-order valence-electron chi connectivity index (χ0n) is 17.6. The summed E-state index contributed by atoms with van der Waals surface area (Å²) in [6.07, 6.45) is 10.9. The maximum Gasteiger partial charge on any atom is 0.250 e. The molecule has 1 aromatic carbocycles. The number of benzene rings is 1. The van der Waals surface area contributed by atoms with E-state index in [9.17, 15) is 4.79 Å². The Morgan fingerprint density at radius 2 is 2.00 bits per heavy atom. The second-order valence-electron chi connectivity index (χ2n) is 7.70. The van der Waals surface area contributed by atoms with Crippen LogP contribution in [0.2, 0.25) is 0 Å². The van der Waals surface area contributed by atoms with Crippen molar-refractivity contribution < 1.29 is 4.79 Å². The van der Waals surface area contributed by atoms with Crippen molar-refractivity contribution >= 4 is 23.9 Å². The summed E-state index contributed by atoms with van der Waals surface area (Å²) >= 11 is 1.40. The molecule has 0 spiro atoms. The van der Waals surface area contributed by atoms with Crippen molar-refractivity contribution in [2.45, 2.75) is 50.2 Å². The third-order valence-corrected chi connectivity index (χ3v) is 6.28. The predicted octanol–water partition coefficient (Wildman–Crippen LogP) is 4.40. The largest absolute Gasteiger partial charge is 0.299 e. The summed E-state index contributed by atoms with van der Waals surface area (Å²) in [6, 6.07) is 12.4. The third-order valence-electron chi connectivity index (χ3n) is 5.33. The van der Waals surface area contributed by atoms with Crippen LogP contribution in [0.3, 0.4) is 0 Å². The summed E-state index contributed by atoms with van der Waals surface area (Å²) < 4.78 is 2.24. The molecule has 0 aliphatic heterocycles. The molecule has 160 valence electrons. The number of thioether (sulfide) groups is 1. The van der Waals surface area contributed by atoms with Crippen LogP contribution in [0.4, 0.5) is 0 Å². The normalized spacial score (nSPS) is 14.7. The molecule has 7 nitrogen and oxygen atoms in total. The van der Waals surface area contributed by atoms with E-state index in [-0.39, 0.29) is 11.7 Å². The summed E-state index contributed by atoms with van der Waals surface area (Å²) in [4.78, 5) is 16.3. The second-order valence-corrected chi connectivity index (χ2v) is 8.64. The van der Waals surface area contributed by atoms with Crippen LogP contribution < -0.4 is 5.43 Å². The summed E-state index contributed by atoms with van der Waals surface area (Å²) in [5, 5.41) is 13.7. The first kappa shape index (κ1) is 21.2. The predicted molar refractivity (Wildman–Crippen MR) is 123 cm³/mol. The Morgan fingerprint density at radius 1 is 1.19 bits per heavy atom. The average Bonchev–Trinajstić information content (AvgIpc) is 3.23. The molecule has 2 heterocycles. The van der Waals surface area contributed by atoms with Crippen molar-refractivity contribution in [1.29, 1.82) is 0 Å². The topological polar surface area (TPSA) is 85.1 Å². The standard InChI is InChI=1S/C23H26N6OS/c1-17-9-11-19(12-10-17)22-27-28-23(29(22)20-7-3-2-4-8-20)31-16-21(30)26-25-15-18-6-5-13-24-14-18/h5-6,9-15,20H,2-4,7-8,16H2,1H3,(H,26,30). The van der Waals surface area contributed by atoms with Gasteiger partial charge in [-0.05, 0) is 25.8 Å². The van der Waals surface area contributed by atoms with E-state index in [0.29, 0.717) is 6.04 Å². The lowest BCUT2D eigenvalue weighted by molar-refractivity contribution is -0.118. The number of pyridine rings is 1. The summed E-state index contributed by atoms with van der Waals surface area (Å²) in [6.45, 7) is 2.08. The van der Waals surface area contributed by atoms with E-state index in [0.717, 1.165) is 34.9 Å². The van der Waals surface area contributed by atoms with Gasteiger partial charge in [-0.25, -0.2) is 5.43 Å². The van der Waals surface area contributed by atoms with E-state index in [2.05, 4.69) is 61.5 Å². The van der Waals surface area contributed by atoms with E-state index >= 15 is 0 Å². The molecule has 0 bridgehead atoms. The van der Waals surface area contributed by atoms with Gasteiger partial charge in [0.1, 0.15) is 0 Å². The fraction of sp³-hybridized carbons (Fsp3) is 0.348. The maximum absolute atomic E-state index is 12.3. The van der Waals surface area contributed by atoms with Crippen LogP contribution >= 0.6 is 11.8 Å². The molecular formula is C23H26N6OS. The monoisotopic (exact) mass is 434 g/mol. The van der Waals surface area contributed by atoms with Crippen LogP contribution in [0, 0.1) is 6.92 Å². The Hall–Kier alpha value is -3.00. The first-order chi connectivity index (χ1) is 15.2. The molecule has 1 amide bonds. The molecule has 1 fully saturated rings. The number of rotatable bonds is 7. The molecule has 0 radical (unpaired) electrons. The van der Waals surface area contributed by atoms with Crippen molar-refractivity contribution in [2.24, 2.45) is 5.10 Å². The molecule has 31 heavy (non-hydrogen) atoms. The number of aryl methyl sites for hydroxylation is 1. The molecule has 0 atom stereocenters. The highest BCUT2D eigenvalue weighted by Gasteiger charge is 2.24. The van der Waals surface area contributed by atoms with Crippen LogP contribution in [-0.2, 0) is 4.79 Å². The number of hydrogen-bond acceptors (Lipinski definition) is 6. The van der Waals surface area contributed by atoms with Gasteiger partial charge in [-0.3, -0.25) is 14.3 Å². The Labute approximate surface area is 186 Å². The Kier molecular flexibility index (Phi) is 7.09. The Balaban J connectivity index is 1.46. The van der Waals surface area contributed by atoms with Crippen LogP contribution in [0.5, 0.6) is 0 Å².